The second-order valence-electron chi connectivity index (χ2n) is 2.02. The monoisotopic (exact) mass is 196 g/mol. The predicted octanol–water partition coefficient (Wildman–Crippen LogP) is 1.09. The van der Waals surface area contributed by atoms with Gasteiger partial charge in [0.2, 0.25) is 0 Å². The van der Waals surface area contributed by atoms with Crippen LogP contribution in [0.2, 0.25) is 0 Å². The number of nitrogens with one attached hydrogen (secondary N) is 1. The Morgan fingerprint density at radius 2 is 1.82 bits per heavy atom. The van der Waals surface area contributed by atoms with E-state index in [0.29, 0.717) is 6.54 Å². The molecule has 11 heavy (non-hydrogen) atoms. The zero-order valence-corrected chi connectivity index (χ0v) is 7.12. The minimum atomic E-state index is 0. The van der Waals surface area contributed by atoms with E-state index in [2.05, 4.69) is 5.32 Å². The summed E-state index contributed by atoms with van der Waals surface area (Å²) in [6.45, 7) is 0.791. The molecule has 0 saturated carbocycles. The average Bonchev–Trinajstić information content (AvgIpc) is 2.03. The zero-order valence-electron chi connectivity index (χ0n) is 6.08. The Morgan fingerprint density at radius 1 is 1.18 bits per heavy atom. The molecule has 1 radical (unpaired) electrons. The first-order valence-electron chi connectivity index (χ1n) is 3.33. The van der Waals surface area contributed by atoms with Gasteiger partial charge in [0.1, 0.15) is 0 Å². The predicted molar refractivity (Wildman–Crippen MR) is 42.0 cm³/mol. The van der Waals surface area contributed by atoms with Crippen molar-refractivity contribution in [2.45, 2.75) is 0 Å². The van der Waals surface area contributed by atoms with Crippen LogP contribution in [0.15, 0.2) is 30.3 Å². The molecule has 0 fully saturated rings. The molecule has 0 aliphatic rings. The Bertz CT molecular complexity index is 179. The van der Waals surface area contributed by atoms with Crippen LogP contribution in [-0.4, -0.2) is 18.3 Å². The molecule has 1 rings (SSSR count). The molecule has 2 N–H and O–H groups in total. The van der Waals surface area contributed by atoms with Gasteiger partial charge < -0.3 is 10.4 Å². The van der Waals surface area contributed by atoms with Crippen molar-refractivity contribution in [2.24, 2.45) is 0 Å². The molecule has 0 amide bonds. The summed E-state index contributed by atoms with van der Waals surface area (Å²) in [7, 11) is 0. The molecule has 3 heteroatoms. The van der Waals surface area contributed by atoms with Crippen LogP contribution in [0.3, 0.4) is 0 Å². The number of aliphatic hydroxyl groups is 1. The molecule has 0 spiro atoms. The molecule has 0 aromatic heterocycles. The van der Waals surface area contributed by atoms with E-state index in [1.54, 1.807) is 0 Å². The minimum Gasteiger partial charge on any atom is -0.395 e. The molecule has 0 saturated heterocycles. The second kappa shape index (κ2) is 6.21. The number of hydrogen-bond acceptors (Lipinski definition) is 2. The Labute approximate surface area is 76.8 Å². The topological polar surface area (TPSA) is 32.3 Å². The third-order valence-electron chi connectivity index (χ3n) is 1.21. The Balaban J connectivity index is 0.000001000. The molecule has 2 nitrogen and oxygen atoms in total. The quantitative estimate of drug-likeness (QED) is 0.758. The van der Waals surface area contributed by atoms with Crippen molar-refractivity contribution in [3.8, 4) is 0 Å². The first-order chi connectivity index (χ1) is 4.93. The van der Waals surface area contributed by atoms with Crippen LogP contribution in [0.4, 0.5) is 5.69 Å². The van der Waals surface area contributed by atoms with Gasteiger partial charge in [-0.2, -0.15) is 0 Å². The second-order valence-corrected chi connectivity index (χ2v) is 2.02. The van der Waals surface area contributed by atoms with Crippen LogP contribution in [0.5, 0.6) is 0 Å². The normalized spacial score (nSPS) is 8.45. The molecule has 0 bridgehead atoms. The van der Waals surface area contributed by atoms with Crippen LogP contribution in [-0.2, 0) is 16.8 Å². The average molecular weight is 196 g/mol. The SMILES string of the molecule is OCCNc1ccccc1.[Co]. The van der Waals surface area contributed by atoms with Gasteiger partial charge in [-0.3, -0.25) is 0 Å². The molecule has 1 aromatic carbocycles. The standard InChI is InChI=1S/C8H11NO.Co/c10-7-6-9-8-4-2-1-3-5-8;/h1-5,9-10H,6-7H2;. The Hall–Kier alpha value is -0.514. The molecule has 1 aromatic rings. The van der Waals surface area contributed by atoms with Crippen LogP contribution < -0.4 is 5.32 Å². The van der Waals surface area contributed by atoms with Gasteiger partial charge in [-0.15, -0.1) is 0 Å². The van der Waals surface area contributed by atoms with Gasteiger partial charge in [-0.25, -0.2) is 0 Å². The Kier molecular flexibility index (Phi) is 5.92. The van der Waals surface area contributed by atoms with E-state index in [1.165, 1.54) is 0 Å². The summed E-state index contributed by atoms with van der Waals surface area (Å²) in [5.74, 6) is 0. The summed E-state index contributed by atoms with van der Waals surface area (Å²) in [5, 5.41) is 11.5. The van der Waals surface area contributed by atoms with E-state index in [1.807, 2.05) is 30.3 Å². The summed E-state index contributed by atoms with van der Waals surface area (Å²) in [6, 6.07) is 9.81. The van der Waals surface area contributed by atoms with E-state index in [9.17, 15) is 0 Å². The third-order valence-corrected chi connectivity index (χ3v) is 1.21. The summed E-state index contributed by atoms with van der Waals surface area (Å²) in [5.41, 5.74) is 1.05. The molecule has 63 valence electrons. The van der Waals surface area contributed by atoms with Crippen molar-refractivity contribution in [1.29, 1.82) is 0 Å². The molecule has 0 atom stereocenters. The van der Waals surface area contributed by atoms with Gasteiger partial charge in [0.15, 0.2) is 0 Å². The number of hydrogen-bond donors (Lipinski definition) is 2. The Morgan fingerprint density at radius 3 is 2.36 bits per heavy atom. The fourth-order valence-corrected chi connectivity index (χ4v) is 0.756. The number of para-hydroxylation sites is 1. The fraction of sp³-hybridized carbons (Fsp3) is 0.250. The van der Waals surface area contributed by atoms with Crippen molar-refractivity contribution >= 4 is 5.69 Å². The van der Waals surface area contributed by atoms with Crippen molar-refractivity contribution in [3.05, 3.63) is 30.3 Å². The summed E-state index contributed by atoms with van der Waals surface area (Å²) in [6.07, 6.45) is 0. The molecule has 0 aliphatic carbocycles. The van der Waals surface area contributed by atoms with Crippen molar-refractivity contribution < 1.29 is 21.9 Å². The first-order valence-corrected chi connectivity index (χ1v) is 3.33. The van der Waals surface area contributed by atoms with Gasteiger partial charge in [0.25, 0.3) is 0 Å². The van der Waals surface area contributed by atoms with Crippen molar-refractivity contribution in [1.82, 2.24) is 0 Å². The number of aliphatic hydroxyl groups excluding tert-OH is 1. The van der Waals surface area contributed by atoms with E-state index >= 15 is 0 Å². The molecule has 0 aliphatic heterocycles. The fourth-order valence-electron chi connectivity index (χ4n) is 0.756. The van der Waals surface area contributed by atoms with E-state index in [-0.39, 0.29) is 23.4 Å². The van der Waals surface area contributed by atoms with Crippen LogP contribution in [0.25, 0.3) is 0 Å². The number of rotatable bonds is 3. The number of benzene rings is 1. The van der Waals surface area contributed by atoms with Gasteiger partial charge in [0, 0.05) is 29.0 Å². The maximum atomic E-state index is 8.47. The molecular weight excluding hydrogens is 185 g/mol. The number of anilines is 1. The summed E-state index contributed by atoms with van der Waals surface area (Å²) in [4.78, 5) is 0. The molecule has 0 heterocycles. The zero-order chi connectivity index (χ0) is 7.23. The van der Waals surface area contributed by atoms with E-state index in [0.717, 1.165) is 5.69 Å². The third kappa shape index (κ3) is 4.03. The summed E-state index contributed by atoms with van der Waals surface area (Å²) < 4.78 is 0. The maximum Gasteiger partial charge on any atom is 0.0604 e. The summed E-state index contributed by atoms with van der Waals surface area (Å²) >= 11 is 0. The van der Waals surface area contributed by atoms with Crippen LogP contribution in [0, 0.1) is 0 Å². The van der Waals surface area contributed by atoms with Crippen molar-refractivity contribution in [3.63, 3.8) is 0 Å². The minimum absolute atomic E-state index is 0. The largest absolute Gasteiger partial charge is 0.395 e. The van der Waals surface area contributed by atoms with Gasteiger partial charge in [0.05, 0.1) is 6.61 Å². The molecular formula is C8H11CoNO. The van der Waals surface area contributed by atoms with Gasteiger partial charge >= 0.3 is 0 Å². The van der Waals surface area contributed by atoms with Crippen molar-refractivity contribution in [2.75, 3.05) is 18.5 Å². The van der Waals surface area contributed by atoms with Gasteiger partial charge in [-0.05, 0) is 12.1 Å². The van der Waals surface area contributed by atoms with E-state index in [4.69, 9.17) is 5.11 Å². The van der Waals surface area contributed by atoms with Gasteiger partial charge in [-0.1, -0.05) is 18.2 Å². The smallest absolute Gasteiger partial charge is 0.0604 e. The molecule has 0 unspecified atom stereocenters. The first kappa shape index (κ1) is 10.5. The maximum absolute atomic E-state index is 8.47. The van der Waals surface area contributed by atoms with E-state index < -0.39 is 0 Å². The van der Waals surface area contributed by atoms with Crippen LogP contribution in [0.1, 0.15) is 0 Å². The van der Waals surface area contributed by atoms with Crippen LogP contribution >= 0.6 is 0 Å².